The molecule has 2 aromatic rings. The molecule has 2 N–H and O–H groups in total. The Labute approximate surface area is 108 Å². The SMILES string of the molecule is CCCn1c(C(C)(N)CCC)nc2cnccc21. The van der Waals surface area contributed by atoms with Gasteiger partial charge >= 0.3 is 0 Å². The van der Waals surface area contributed by atoms with E-state index in [1.54, 1.807) is 0 Å². The third-order valence-corrected chi connectivity index (χ3v) is 3.28. The number of aromatic nitrogens is 3. The molecule has 0 spiro atoms. The summed E-state index contributed by atoms with van der Waals surface area (Å²) >= 11 is 0. The van der Waals surface area contributed by atoms with Crippen LogP contribution in [0.5, 0.6) is 0 Å². The van der Waals surface area contributed by atoms with Gasteiger partial charge in [0.15, 0.2) is 0 Å². The van der Waals surface area contributed by atoms with Crippen LogP contribution in [0.4, 0.5) is 0 Å². The van der Waals surface area contributed by atoms with Gasteiger partial charge in [-0.25, -0.2) is 4.98 Å². The Kier molecular flexibility index (Phi) is 3.66. The van der Waals surface area contributed by atoms with Gasteiger partial charge in [-0.15, -0.1) is 0 Å². The van der Waals surface area contributed by atoms with Crippen molar-refractivity contribution in [3.8, 4) is 0 Å². The zero-order valence-corrected chi connectivity index (χ0v) is 11.5. The Morgan fingerprint density at radius 1 is 1.33 bits per heavy atom. The molecule has 0 aliphatic heterocycles. The van der Waals surface area contributed by atoms with Gasteiger partial charge in [-0.1, -0.05) is 20.3 Å². The summed E-state index contributed by atoms with van der Waals surface area (Å²) in [7, 11) is 0. The summed E-state index contributed by atoms with van der Waals surface area (Å²) in [5, 5.41) is 0. The lowest BCUT2D eigenvalue weighted by atomic mass is 9.96. The van der Waals surface area contributed by atoms with Crippen LogP contribution in [-0.4, -0.2) is 14.5 Å². The molecule has 0 saturated carbocycles. The lowest BCUT2D eigenvalue weighted by molar-refractivity contribution is 0.400. The third kappa shape index (κ3) is 2.25. The van der Waals surface area contributed by atoms with E-state index in [0.29, 0.717) is 0 Å². The second-order valence-corrected chi connectivity index (χ2v) is 5.12. The quantitative estimate of drug-likeness (QED) is 0.882. The number of hydrogen-bond donors (Lipinski definition) is 1. The van der Waals surface area contributed by atoms with Crippen LogP contribution in [0.25, 0.3) is 11.0 Å². The maximum atomic E-state index is 6.44. The molecule has 0 aliphatic carbocycles. The second kappa shape index (κ2) is 5.06. The minimum Gasteiger partial charge on any atom is -0.326 e. The van der Waals surface area contributed by atoms with Crippen molar-refractivity contribution in [3.63, 3.8) is 0 Å². The molecule has 2 rings (SSSR count). The standard InChI is InChI=1S/C14H22N4/c1-4-7-14(3,15)13-17-11-10-16-8-6-12(11)18(13)9-5-2/h6,8,10H,4-5,7,9,15H2,1-3H3. The van der Waals surface area contributed by atoms with E-state index in [2.05, 4.69) is 30.3 Å². The Hall–Kier alpha value is -1.42. The number of rotatable bonds is 5. The van der Waals surface area contributed by atoms with E-state index in [1.165, 1.54) is 0 Å². The van der Waals surface area contributed by atoms with Gasteiger partial charge in [-0.05, 0) is 25.8 Å². The van der Waals surface area contributed by atoms with Crippen LogP contribution >= 0.6 is 0 Å². The van der Waals surface area contributed by atoms with Crippen LogP contribution < -0.4 is 5.73 Å². The summed E-state index contributed by atoms with van der Waals surface area (Å²) in [4.78, 5) is 8.84. The Morgan fingerprint density at radius 2 is 2.11 bits per heavy atom. The minimum atomic E-state index is -0.372. The molecular formula is C14H22N4. The van der Waals surface area contributed by atoms with Gasteiger partial charge in [0.1, 0.15) is 11.3 Å². The van der Waals surface area contributed by atoms with Gasteiger partial charge < -0.3 is 10.3 Å². The van der Waals surface area contributed by atoms with Crippen LogP contribution in [0.3, 0.4) is 0 Å². The first kappa shape index (κ1) is 13.0. The molecule has 4 nitrogen and oxygen atoms in total. The van der Waals surface area contributed by atoms with Crippen LogP contribution in [0.1, 0.15) is 45.9 Å². The molecule has 18 heavy (non-hydrogen) atoms. The number of imidazole rings is 1. The largest absolute Gasteiger partial charge is 0.326 e. The van der Waals surface area contributed by atoms with Gasteiger partial charge in [0.2, 0.25) is 0 Å². The number of nitrogens with zero attached hydrogens (tertiary/aromatic N) is 3. The molecule has 2 heterocycles. The van der Waals surface area contributed by atoms with Crippen molar-refractivity contribution in [1.82, 2.24) is 14.5 Å². The smallest absolute Gasteiger partial charge is 0.129 e. The van der Waals surface area contributed by atoms with Crippen molar-refractivity contribution >= 4 is 11.0 Å². The fourth-order valence-electron chi connectivity index (χ4n) is 2.50. The van der Waals surface area contributed by atoms with E-state index in [1.807, 2.05) is 18.5 Å². The van der Waals surface area contributed by atoms with Gasteiger partial charge in [0, 0.05) is 12.7 Å². The summed E-state index contributed by atoms with van der Waals surface area (Å²) in [5.41, 5.74) is 8.14. The van der Waals surface area contributed by atoms with Crippen molar-refractivity contribution in [3.05, 3.63) is 24.3 Å². The number of aryl methyl sites for hydroxylation is 1. The van der Waals surface area contributed by atoms with Gasteiger partial charge in [-0.3, -0.25) is 4.98 Å². The maximum Gasteiger partial charge on any atom is 0.129 e. The Balaban J connectivity index is 2.58. The fourth-order valence-corrected chi connectivity index (χ4v) is 2.50. The number of pyridine rings is 1. The highest BCUT2D eigenvalue weighted by atomic mass is 15.1. The first-order chi connectivity index (χ1) is 8.60. The molecule has 2 aromatic heterocycles. The van der Waals surface area contributed by atoms with Crippen LogP contribution in [-0.2, 0) is 12.1 Å². The van der Waals surface area contributed by atoms with E-state index in [-0.39, 0.29) is 5.54 Å². The van der Waals surface area contributed by atoms with E-state index in [9.17, 15) is 0 Å². The van der Waals surface area contributed by atoms with E-state index < -0.39 is 0 Å². The Morgan fingerprint density at radius 3 is 2.78 bits per heavy atom. The van der Waals surface area contributed by atoms with Gasteiger partial charge in [0.05, 0.1) is 17.3 Å². The van der Waals surface area contributed by atoms with Crippen molar-refractivity contribution in [2.45, 2.75) is 52.1 Å². The molecule has 0 bridgehead atoms. The van der Waals surface area contributed by atoms with E-state index in [4.69, 9.17) is 10.7 Å². The average Bonchev–Trinajstić information content (AvgIpc) is 2.70. The van der Waals surface area contributed by atoms with Crippen LogP contribution in [0, 0.1) is 0 Å². The highest BCUT2D eigenvalue weighted by molar-refractivity contribution is 5.75. The van der Waals surface area contributed by atoms with Crippen molar-refractivity contribution in [2.75, 3.05) is 0 Å². The lowest BCUT2D eigenvalue weighted by Gasteiger charge is -2.24. The Bertz CT molecular complexity index is 528. The van der Waals surface area contributed by atoms with Crippen molar-refractivity contribution in [2.24, 2.45) is 5.73 Å². The van der Waals surface area contributed by atoms with Crippen LogP contribution in [0.15, 0.2) is 18.5 Å². The molecule has 0 fully saturated rings. The van der Waals surface area contributed by atoms with Crippen molar-refractivity contribution in [1.29, 1.82) is 0 Å². The summed E-state index contributed by atoms with van der Waals surface area (Å²) < 4.78 is 2.24. The summed E-state index contributed by atoms with van der Waals surface area (Å²) in [6.07, 6.45) is 6.69. The number of hydrogen-bond acceptors (Lipinski definition) is 3. The fraction of sp³-hybridized carbons (Fsp3) is 0.571. The number of nitrogens with two attached hydrogens (primary N) is 1. The molecule has 4 heteroatoms. The molecule has 1 unspecified atom stereocenters. The molecule has 0 amide bonds. The van der Waals surface area contributed by atoms with Crippen LogP contribution in [0.2, 0.25) is 0 Å². The summed E-state index contributed by atoms with van der Waals surface area (Å²) in [5.74, 6) is 0.981. The molecule has 0 saturated heterocycles. The predicted molar refractivity (Wildman–Crippen MR) is 74.3 cm³/mol. The minimum absolute atomic E-state index is 0.372. The summed E-state index contributed by atoms with van der Waals surface area (Å²) in [6, 6.07) is 2.02. The van der Waals surface area contributed by atoms with Gasteiger partial charge in [-0.2, -0.15) is 0 Å². The highest BCUT2D eigenvalue weighted by Gasteiger charge is 2.27. The topological polar surface area (TPSA) is 56.7 Å². The van der Waals surface area contributed by atoms with Crippen molar-refractivity contribution < 1.29 is 0 Å². The molecule has 1 atom stereocenters. The molecular weight excluding hydrogens is 224 g/mol. The summed E-state index contributed by atoms with van der Waals surface area (Å²) in [6.45, 7) is 7.34. The highest BCUT2D eigenvalue weighted by Crippen LogP contribution is 2.26. The third-order valence-electron chi connectivity index (χ3n) is 3.28. The normalized spacial score (nSPS) is 14.9. The van der Waals surface area contributed by atoms with Gasteiger partial charge in [0.25, 0.3) is 0 Å². The molecule has 98 valence electrons. The van der Waals surface area contributed by atoms with E-state index in [0.717, 1.165) is 42.7 Å². The monoisotopic (exact) mass is 246 g/mol. The first-order valence-corrected chi connectivity index (χ1v) is 6.69. The van der Waals surface area contributed by atoms with E-state index >= 15 is 0 Å². The lowest BCUT2D eigenvalue weighted by Crippen LogP contribution is -2.36. The average molecular weight is 246 g/mol. The number of fused-ring (bicyclic) bond motifs is 1. The predicted octanol–water partition coefficient (Wildman–Crippen LogP) is 2.82. The molecule has 0 aliphatic rings. The first-order valence-electron chi connectivity index (χ1n) is 6.69. The molecule has 0 aromatic carbocycles. The molecule has 0 radical (unpaired) electrons. The zero-order valence-electron chi connectivity index (χ0n) is 11.5. The zero-order chi connectivity index (χ0) is 13.2. The second-order valence-electron chi connectivity index (χ2n) is 5.12. The maximum absolute atomic E-state index is 6.44.